The van der Waals surface area contributed by atoms with Crippen molar-refractivity contribution >= 4 is 17.5 Å². The van der Waals surface area contributed by atoms with Gasteiger partial charge in [-0.2, -0.15) is 0 Å². The van der Waals surface area contributed by atoms with Gasteiger partial charge in [0, 0.05) is 36.4 Å². The first-order valence-corrected chi connectivity index (χ1v) is 10.4. The van der Waals surface area contributed by atoms with Gasteiger partial charge in [0.2, 0.25) is 0 Å². The molecule has 0 radical (unpaired) electrons. The van der Waals surface area contributed by atoms with Gasteiger partial charge in [-0.15, -0.1) is 0 Å². The van der Waals surface area contributed by atoms with Crippen molar-refractivity contribution in [3.63, 3.8) is 0 Å². The highest BCUT2D eigenvalue weighted by Crippen LogP contribution is 2.18. The van der Waals surface area contributed by atoms with E-state index in [-0.39, 0.29) is 17.9 Å². The Kier molecular flexibility index (Phi) is 6.41. The lowest BCUT2D eigenvalue weighted by molar-refractivity contribution is 0.0930. The van der Waals surface area contributed by atoms with E-state index in [1.54, 1.807) is 24.5 Å². The zero-order valence-corrected chi connectivity index (χ0v) is 17.7. The molecule has 6 heteroatoms. The Bertz CT molecular complexity index is 1190. The van der Waals surface area contributed by atoms with E-state index in [9.17, 15) is 9.59 Å². The van der Waals surface area contributed by atoms with Crippen LogP contribution in [0.2, 0.25) is 0 Å². The lowest BCUT2D eigenvalue weighted by atomic mass is 10.1. The molecule has 4 rings (SSSR count). The topological polar surface area (TPSA) is 76.0 Å². The summed E-state index contributed by atoms with van der Waals surface area (Å²) in [5.41, 5.74) is 3.92. The van der Waals surface area contributed by atoms with E-state index in [1.165, 1.54) is 0 Å². The van der Waals surface area contributed by atoms with Crippen LogP contribution in [0.4, 0.5) is 5.69 Å². The van der Waals surface area contributed by atoms with Crippen LogP contribution in [0.1, 0.15) is 44.9 Å². The van der Waals surface area contributed by atoms with Crippen molar-refractivity contribution in [1.82, 2.24) is 14.9 Å². The van der Waals surface area contributed by atoms with Crippen LogP contribution in [-0.2, 0) is 6.54 Å². The Labute approximate surface area is 186 Å². The molecule has 0 aliphatic rings. The molecule has 0 saturated carbocycles. The van der Waals surface area contributed by atoms with Crippen LogP contribution >= 0.6 is 0 Å². The molecule has 2 amide bonds. The Balaban J connectivity index is 1.38. The summed E-state index contributed by atoms with van der Waals surface area (Å²) >= 11 is 0. The van der Waals surface area contributed by atoms with Crippen LogP contribution in [0.15, 0.2) is 97.5 Å². The second-order valence-corrected chi connectivity index (χ2v) is 7.51. The smallest absolute Gasteiger partial charge is 0.268 e. The number of amides is 2. The number of benzene rings is 2. The summed E-state index contributed by atoms with van der Waals surface area (Å²) in [5, 5.41) is 5.92. The predicted octanol–water partition coefficient (Wildman–Crippen LogP) is 4.67. The van der Waals surface area contributed by atoms with Gasteiger partial charge in [0.05, 0.1) is 6.04 Å². The van der Waals surface area contributed by atoms with Crippen LogP contribution in [0.3, 0.4) is 0 Å². The average Bonchev–Trinajstić information content (AvgIpc) is 3.29. The third-order valence-electron chi connectivity index (χ3n) is 5.22. The van der Waals surface area contributed by atoms with Crippen LogP contribution < -0.4 is 10.6 Å². The number of nitrogens with zero attached hydrogens (tertiary/aromatic N) is 2. The molecule has 0 aliphatic heterocycles. The molecule has 2 heterocycles. The van der Waals surface area contributed by atoms with Crippen molar-refractivity contribution in [2.24, 2.45) is 0 Å². The lowest BCUT2D eigenvalue weighted by Gasteiger charge is -2.16. The lowest BCUT2D eigenvalue weighted by Crippen LogP contribution is -2.28. The first kappa shape index (κ1) is 21.1. The molecule has 32 heavy (non-hydrogen) atoms. The third-order valence-corrected chi connectivity index (χ3v) is 5.22. The number of carbonyl (C=O) groups is 2. The molecule has 1 atom stereocenters. The zero-order chi connectivity index (χ0) is 22.3. The maximum Gasteiger partial charge on any atom is 0.268 e. The fourth-order valence-electron chi connectivity index (χ4n) is 3.45. The van der Waals surface area contributed by atoms with E-state index in [2.05, 4.69) is 15.6 Å². The van der Waals surface area contributed by atoms with Gasteiger partial charge >= 0.3 is 0 Å². The van der Waals surface area contributed by atoms with Crippen molar-refractivity contribution in [3.8, 4) is 0 Å². The fraction of sp³-hybridized carbons (Fsp3) is 0.115. The van der Waals surface area contributed by atoms with E-state index in [4.69, 9.17) is 0 Å². The number of carbonyl (C=O) groups excluding carboxylic acids is 2. The maximum atomic E-state index is 12.9. The van der Waals surface area contributed by atoms with Gasteiger partial charge in [0.25, 0.3) is 11.8 Å². The van der Waals surface area contributed by atoms with Crippen LogP contribution in [0.25, 0.3) is 0 Å². The quantitative estimate of drug-likeness (QED) is 0.452. The highest BCUT2D eigenvalue weighted by Gasteiger charge is 2.15. The fourth-order valence-corrected chi connectivity index (χ4v) is 3.45. The Morgan fingerprint density at radius 2 is 1.59 bits per heavy atom. The SMILES string of the molecule is CC(NC(=O)c1cccn1Cc1ccccc1)c1ccc(NC(=O)c2ccncc2)cc1. The highest BCUT2D eigenvalue weighted by atomic mass is 16.2. The second-order valence-electron chi connectivity index (χ2n) is 7.51. The van der Waals surface area contributed by atoms with Crippen LogP contribution in [-0.4, -0.2) is 21.4 Å². The van der Waals surface area contributed by atoms with Gasteiger partial charge in [-0.25, -0.2) is 0 Å². The highest BCUT2D eigenvalue weighted by molar-refractivity contribution is 6.04. The Morgan fingerprint density at radius 3 is 2.31 bits per heavy atom. The summed E-state index contributed by atoms with van der Waals surface area (Å²) in [6.07, 6.45) is 5.07. The monoisotopic (exact) mass is 424 g/mol. The summed E-state index contributed by atoms with van der Waals surface area (Å²) in [7, 11) is 0. The van der Waals surface area contributed by atoms with Gasteiger partial charge in [-0.1, -0.05) is 42.5 Å². The van der Waals surface area contributed by atoms with E-state index in [1.807, 2.05) is 84.4 Å². The minimum Gasteiger partial charge on any atom is -0.344 e. The molecule has 6 nitrogen and oxygen atoms in total. The van der Waals surface area contributed by atoms with Gasteiger partial charge in [-0.05, 0) is 54.4 Å². The van der Waals surface area contributed by atoms with Crippen LogP contribution in [0, 0.1) is 0 Å². The number of nitrogens with one attached hydrogen (secondary N) is 2. The van der Waals surface area contributed by atoms with E-state index in [0.29, 0.717) is 23.5 Å². The first-order chi connectivity index (χ1) is 15.6. The summed E-state index contributed by atoms with van der Waals surface area (Å²) in [5.74, 6) is -0.325. The average molecular weight is 425 g/mol. The third kappa shape index (κ3) is 5.10. The molecular formula is C26H24N4O2. The molecule has 0 saturated heterocycles. The zero-order valence-electron chi connectivity index (χ0n) is 17.7. The molecule has 0 spiro atoms. The minimum absolute atomic E-state index is 0.131. The Hall–Kier alpha value is -4.19. The Morgan fingerprint density at radius 1 is 0.875 bits per heavy atom. The summed E-state index contributed by atoms with van der Waals surface area (Å²) in [4.78, 5) is 29.1. The van der Waals surface area contributed by atoms with Gasteiger partial charge in [-0.3, -0.25) is 14.6 Å². The van der Waals surface area contributed by atoms with E-state index in [0.717, 1.165) is 11.1 Å². The van der Waals surface area contributed by atoms with Crippen molar-refractivity contribution in [2.45, 2.75) is 19.5 Å². The molecule has 0 bridgehead atoms. The molecule has 0 aliphatic carbocycles. The molecule has 2 aromatic carbocycles. The van der Waals surface area contributed by atoms with E-state index >= 15 is 0 Å². The minimum atomic E-state index is -0.194. The van der Waals surface area contributed by atoms with Crippen molar-refractivity contribution in [3.05, 3.63) is 120 Å². The van der Waals surface area contributed by atoms with Crippen LogP contribution in [0.5, 0.6) is 0 Å². The van der Waals surface area contributed by atoms with Gasteiger partial charge in [0.15, 0.2) is 0 Å². The second kappa shape index (κ2) is 9.75. The summed E-state index contributed by atoms with van der Waals surface area (Å²) in [6.45, 7) is 2.57. The number of anilines is 1. The number of pyridine rings is 1. The number of rotatable bonds is 7. The van der Waals surface area contributed by atoms with Crippen molar-refractivity contribution < 1.29 is 9.59 Å². The molecule has 160 valence electrons. The molecule has 2 aromatic heterocycles. The molecular weight excluding hydrogens is 400 g/mol. The summed E-state index contributed by atoms with van der Waals surface area (Å²) < 4.78 is 1.94. The predicted molar refractivity (Wildman–Crippen MR) is 124 cm³/mol. The molecule has 4 aromatic rings. The number of hydrogen-bond acceptors (Lipinski definition) is 3. The van der Waals surface area contributed by atoms with Gasteiger partial charge < -0.3 is 15.2 Å². The normalized spacial score (nSPS) is 11.5. The van der Waals surface area contributed by atoms with Gasteiger partial charge in [0.1, 0.15) is 5.69 Å². The molecule has 1 unspecified atom stereocenters. The van der Waals surface area contributed by atoms with Crippen molar-refractivity contribution in [1.29, 1.82) is 0 Å². The largest absolute Gasteiger partial charge is 0.344 e. The van der Waals surface area contributed by atoms with E-state index < -0.39 is 0 Å². The van der Waals surface area contributed by atoms with Crippen molar-refractivity contribution in [2.75, 3.05) is 5.32 Å². The standard InChI is InChI=1S/C26H24N4O2/c1-19(21-9-11-23(12-10-21)29-25(31)22-13-15-27-16-14-22)28-26(32)24-8-5-17-30(24)18-20-6-3-2-4-7-20/h2-17,19H,18H2,1H3,(H,28,32)(H,29,31). The summed E-state index contributed by atoms with van der Waals surface area (Å²) in [6, 6.07) is 24.3. The number of aromatic nitrogens is 2. The molecule has 0 fully saturated rings. The maximum absolute atomic E-state index is 12.9. The number of hydrogen-bond donors (Lipinski definition) is 2. The first-order valence-electron chi connectivity index (χ1n) is 10.4. The molecule has 2 N–H and O–H groups in total.